The average molecular weight is 311 g/mol. The minimum absolute atomic E-state index is 0.186. The Hall–Kier alpha value is -2.00. The number of aromatic nitrogens is 1. The van der Waals surface area contributed by atoms with Crippen LogP contribution in [0.25, 0.3) is 26.9 Å². The van der Waals surface area contributed by atoms with Crippen LogP contribution in [0.2, 0.25) is 0 Å². The molecule has 0 atom stereocenters. The lowest BCUT2D eigenvalue weighted by molar-refractivity contribution is 0.640. The molecule has 0 fully saturated rings. The first-order valence-electron chi connectivity index (χ1n) is 7.43. The minimum Gasteiger partial charge on any atom is -0.244 e. The minimum atomic E-state index is -0.186. The van der Waals surface area contributed by atoms with E-state index in [-0.39, 0.29) is 5.82 Å². The topological polar surface area (TPSA) is 12.9 Å². The van der Waals surface area contributed by atoms with E-state index in [4.69, 9.17) is 0 Å². The fourth-order valence-electron chi connectivity index (χ4n) is 2.66. The molecule has 1 heterocycles. The van der Waals surface area contributed by atoms with Gasteiger partial charge in [0.2, 0.25) is 0 Å². The zero-order valence-electron chi connectivity index (χ0n) is 12.8. The number of hydrogen-bond donors (Lipinski definition) is 0. The van der Waals surface area contributed by atoms with Gasteiger partial charge in [0.1, 0.15) is 10.8 Å². The third-order valence-corrected chi connectivity index (χ3v) is 4.95. The molecule has 22 heavy (non-hydrogen) atoms. The van der Waals surface area contributed by atoms with E-state index in [2.05, 4.69) is 24.6 Å². The standard InChI is InChI=1S/C19H18FNS/c1-4-6-12(2)18-11-21-19(22-18)14-9-13(3)15-7-5-8-17(20)16(15)10-14/h5,7-11H,2,4,6H2,1,3H3. The summed E-state index contributed by atoms with van der Waals surface area (Å²) in [5.41, 5.74) is 3.15. The molecule has 112 valence electrons. The predicted molar refractivity (Wildman–Crippen MR) is 93.7 cm³/mol. The van der Waals surface area contributed by atoms with Gasteiger partial charge < -0.3 is 0 Å². The molecule has 0 bridgehead atoms. The van der Waals surface area contributed by atoms with Crippen molar-refractivity contribution in [2.75, 3.05) is 0 Å². The quantitative estimate of drug-likeness (QED) is 0.557. The Bertz CT molecular complexity index is 848. The SMILES string of the molecule is C=C(CCC)c1cnc(-c2cc(C)c3cccc(F)c3c2)s1. The maximum Gasteiger partial charge on any atom is 0.131 e. The summed E-state index contributed by atoms with van der Waals surface area (Å²) in [6.45, 7) is 8.26. The normalized spacial score (nSPS) is 11.0. The second-order valence-corrected chi connectivity index (χ2v) is 6.54. The van der Waals surface area contributed by atoms with E-state index in [0.717, 1.165) is 44.8 Å². The fraction of sp³-hybridized carbons (Fsp3) is 0.211. The smallest absolute Gasteiger partial charge is 0.131 e. The number of rotatable bonds is 4. The molecule has 0 aliphatic heterocycles. The molecule has 0 radical (unpaired) electrons. The van der Waals surface area contributed by atoms with Gasteiger partial charge in [0.25, 0.3) is 0 Å². The summed E-state index contributed by atoms with van der Waals surface area (Å²) in [5.74, 6) is -0.186. The molecular weight excluding hydrogens is 293 g/mol. The van der Waals surface area contributed by atoms with E-state index in [0.29, 0.717) is 5.39 Å². The fourth-order valence-corrected chi connectivity index (χ4v) is 3.56. The van der Waals surface area contributed by atoms with Gasteiger partial charge in [0, 0.05) is 17.1 Å². The van der Waals surface area contributed by atoms with E-state index in [1.165, 1.54) is 6.07 Å². The Morgan fingerprint density at radius 3 is 2.86 bits per heavy atom. The van der Waals surface area contributed by atoms with E-state index in [1.807, 2.05) is 25.3 Å². The highest BCUT2D eigenvalue weighted by molar-refractivity contribution is 7.16. The van der Waals surface area contributed by atoms with Crippen LogP contribution in [-0.2, 0) is 0 Å². The van der Waals surface area contributed by atoms with Gasteiger partial charge in [0.05, 0.1) is 4.88 Å². The zero-order chi connectivity index (χ0) is 15.7. The van der Waals surface area contributed by atoms with Crippen molar-refractivity contribution in [1.82, 2.24) is 4.98 Å². The Morgan fingerprint density at radius 2 is 2.09 bits per heavy atom. The summed E-state index contributed by atoms with van der Waals surface area (Å²) in [6, 6.07) is 9.17. The van der Waals surface area contributed by atoms with Crippen molar-refractivity contribution in [3.63, 3.8) is 0 Å². The molecule has 0 saturated heterocycles. The summed E-state index contributed by atoms with van der Waals surface area (Å²) in [7, 11) is 0. The second-order valence-electron chi connectivity index (χ2n) is 5.51. The number of hydrogen-bond acceptors (Lipinski definition) is 2. The molecular formula is C19H18FNS. The summed E-state index contributed by atoms with van der Waals surface area (Å²) in [5, 5.41) is 2.53. The molecule has 0 aliphatic rings. The highest BCUT2D eigenvalue weighted by Crippen LogP contribution is 2.33. The van der Waals surface area contributed by atoms with Crippen molar-refractivity contribution in [2.45, 2.75) is 26.7 Å². The van der Waals surface area contributed by atoms with Crippen LogP contribution in [0.15, 0.2) is 43.1 Å². The van der Waals surface area contributed by atoms with Crippen LogP contribution in [0.3, 0.4) is 0 Å². The molecule has 1 nitrogen and oxygen atoms in total. The monoisotopic (exact) mass is 311 g/mol. The molecule has 0 amide bonds. The molecule has 0 saturated carbocycles. The van der Waals surface area contributed by atoms with Crippen LogP contribution in [0.4, 0.5) is 4.39 Å². The number of allylic oxidation sites excluding steroid dienone is 1. The van der Waals surface area contributed by atoms with Crippen LogP contribution >= 0.6 is 11.3 Å². The highest BCUT2D eigenvalue weighted by atomic mass is 32.1. The van der Waals surface area contributed by atoms with Crippen LogP contribution in [0.5, 0.6) is 0 Å². The first-order valence-corrected chi connectivity index (χ1v) is 8.25. The van der Waals surface area contributed by atoms with Crippen molar-refractivity contribution in [1.29, 1.82) is 0 Å². The Morgan fingerprint density at radius 1 is 1.27 bits per heavy atom. The number of aryl methyl sites for hydroxylation is 1. The first-order chi connectivity index (χ1) is 10.6. The van der Waals surface area contributed by atoms with Crippen molar-refractivity contribution < 1.29 is 4.39 Å². The second kappa shape index (κ2) is 6.01. The van der Waals surface area contributed by atoms with Crippen molar-refractivity contribution in [3.05, 3.63) is 59.4 Å². The summed E-state index contributed by atoms with van der Waals surface area (Å²) >= 11 is 1.62. The lowest BCUT2D eigenvalue weighted by atomic mass is 10.0. The van der Waals surface area contributed by atoms with E-state index < -0.39 is 0 Å². The largest absolute Gasteiger partial charge is 0.244 e. The molecule has 0 aliphatic carbocycles. The van der Waals surface area contributed by atoms with E-state index >= 15 is 0 Å². The predicted octanol–water partition coefficient (Wildman–Crippen LogP) is 6.22. The highest BCUT2D eigenvalue weighted by Gasteiger charge is 2.11. The van der Waals surface area contributed by atoms with Gasteiger partial charge >= 0.3 is 0 Å². The molecule has 0 N–H and O–H groups in total. The van der Waals surface area contributed by atoms with Crippen molar-refractivity contribution >= 4 is 27.7 Å². The number of halogens is 1. The van der Waals surface area contributed by atoms with Gasteiger partial charge in [-0.15, -0.1) is 11.3 Å². The summed E-state index contributed by atoms with van der Waals surface area (Å²) < 4.78 is 14.1. The average Bonchev–Trinajstić information content (AvgIpc) is 2.98. The third-order valence-electron chi connectivity index (χ3n) is 3.80. The van der Waals surface area contributed by atoms with Crippen LogP contribution in [0.1, 0.15) is 30.2 Å². The van der Waals surface area contributed by atoms with Gasteiger partial charge in [-0.2, -0.15) is 0 Å². The van der Waals surface area contributed by atoms with E-state index in [9.17, 15) is 4.39 Å². The van der Waals surface area contributed by atoms with Gasteiger partial charge in [-0.3, -0.25) is 0 Å². The molecule has 3 aromatic rings. The van der Waals surface area contributed by atoms with Crippen LogP contribution in [0, 0.1) is 12.7 Å². The lowest BCUT2D eigenvalue weighted by Gasteiger charge is -2.06. The molecule has 0 unspecified atom stereocenters. The summed E-state index contributed by atoms with van der Waals surface area (Å²) in [4.78, 5) is 5.62. The zero-order valence-corrected chi connectivity index (χ0v) is 13.6. The van der Waals surface area contributed by atoms with Gasteiger partial charge in [-0.1, -0.05) is 32.1 Å². The Kier molecular flexibility index (Phi) is 4.08. The van der Waals surface area contributed by atoms with Crippen LogP contribution in [-0.4, -0.2) is 4.98 Å². The van der Waals surface area contributed by atoms with Crippen molar-refractivity contribution in [2.24, 2.45) is 0 Å². The molecule has 3 rings (SSSR count). The first kappa shape index (κ1) is 14.9. The van der Waals surface area contributed by atoms with Crippen molar-refractivity contribution in [3.8, 4) is 10.6 Å². The molecule has 1 aromatic heterocycles. The van der Waals surface area contributed by atoms with Gasteiger partial charge in [-0.05, 0) is 48.1 Å². The third kappa shape index (κ3) is 2.69. The molecule has 2 aromatic carbocycles. The Labute approximate surface area is 134 Å². The van der Waals surface area contributed by atoms with E-state index in [1.54, 1.807) is 17.4 Å². The van der Waals surface area contributed by atoms with Gasteiger partial charge in [0.15, 0.2) is 0 Å². The maximum atomic E-state index is 14.1. The Balaban J connectivity index is 2.07. The number of thiazole rings is 1. The number of benzene rings is 2. The number of fused-ring (bicyclic) bond motifs is 1. The molecule has 3 heteroatoms. The molecule has 0 spiro atoms. The summed E-state index contributed by atoms with van der Waals surface area (Å²) in [6.07, 6.45) is 3.93. The van der Waals surface area contributed by atoms with Crippen LogP contribution < -0.4 is 0 Å². The maximum absolute atomic E-state index is 14.1. The number of nitrogens with zero attached hydrogens (tertiary/aromatic N) is 1. The lowest BCUT2D eigenvalue weighted by Crippen LogP contribution is -1.85. The van der Waals surface area contributed by atoms with Gasteiger partial charge in [-0.25, -0.2) is 9.37 Å².